The number of hydrogen-bond acceptors (Lipinski definition) is 1. The zero-order valence-electron chi connectivity index (χ0n) is 9.54. The molecule has 0 bridgehead atoms. The second kappa shape index (κ2) is 5.86. The van der Waals surface area contributed by atoms with Crippen LogP contribution in [0.25, 0.3) is 0 Å². The van der Waals surface area contributed by atoms with Gasteiger partial charge in [0.25, 0.3) is 0 Å². The molecule has 0 aromatic heterocycles. The van der Waals surface area contributed by atoms with Crippen molar-refractivity contribution in [3.63, 3.8) is 0 Å². The highest BCUT2D eigenvalue weighted by Crippen LogP contribution is 2.24. The summed E-state index contributed by atoms with van der Waals surface area (Å²) in [6.45, 7) is 4.31. The molecule has 2 heteroatoms. The monoisotopic (exact) mass is 209 g/mol. The molecule has 1 atom stereocenters. The molecule has 15 heavy (non-hydrogen) atoms. The average Bonchev–Trinajstić information content (AvgIpc) is 2.26. The molecule has 0 radical (unpaired) electrons. The molecule has 0 amide bonds. The first kappa shape index (κ1) is 12.2. The molecular weight excluding hydrogens is 189 g/mol. The minimum atomic E-state index is -0.184. The Labute approximate surface area is 91.5 Å². The first-order valence-electron chi connectivity index (χ1n) is 5.69. The minimum absolute atomic E-state index is 0.170. The average molecular weight is 209 g/mol. The zero-order chi connectivity index (χ0) is 11.3. The van der Waals surface area contributed by atoms with Gasteiger partial charge in [-0.15, -0.1) is 0 Å². The molecule has 84 valence electrons. The molecule has 1 aromatic rings. The Morgan fingerprint density at radius 2 is 1.80 bits per heavy atom. The van der Waals surface area contributed by atoms with Crippen LogP contribution in [0.1, 0.15) is 44.7 Å². The van der Waals surface area contributed by atoms with Gasteiger partial charge in [0.15, 0.2) is 0 Å². The Hall–Kier alpha value is -0.890. The van der Waals surface area contributed by atoms with Crippen LogP contribution in [0, 0.1) is 11.7 Å². The molecule has 0 aliphatic carbocycles. The quantitative estimate of drug-likeness (QED) is 0.787. The Kier molecular flexibility index (Phi) is 4.76. The fourth-order valence-corrected chi connectivity index (χ4v) is 1.88. The summed E-state index contributed by atoms with van der Waals surface area (Å²) in [5.74, 6) is 0.413. The predicted octanol–water partition coefficient (Wildman–Crippen LogP) is 3.65. The number of hydrogen-bond donors (Lipinski definition) is 1. The maximum atomic E-state index is 13.4. The van der Waals surface area contributed by atoms with E-state index in [0.29, 0.717) is 11.5 Å². The van der Waals surface area contributed by atoms with Crippen molar-refractivity contribution in [3.8, 4) is 0 Å². The van der Waals surface area contributed by atoms with Crippen LogP contribution in [0.4, 0.5) is 4.39 Å². The van der Waals surface area contributed by atoms with E-state index in [1.165, 1.54) is 6.07 Å². The van der Waals surface area contributed by atoms with Crippen LogP contribution in [0.3, 0.4) is 0 Å². The highest BCUT2D eigenvalue weighted by Gasteiger charge is 2.14. The normalized spacial score (nSPS) is 13.1. The van der Waals surface area contributed by atoms with Crippen molar-refractivity contribution in [2.75, 3.05) is 0 Å². The summed E-state index contributed by atoms with van der Waals surface area (Å²) in [5.41, 5.74) is 6.65. The first-order valence-corrected chi connectivity index (χ1v) is 5.69. The van der Waals surface area contributed by atoms with Gasteiger partial charge >= 0.3 is 0 Å². The smallest absolute Gasteiger partial charge is 0.127 e. The van der Waals surface area contributed by atoms with E-state index in [9.17, 15) is 4.39 Å². The van der Waals surface area contributed by atoms with Crippen LogP contribution in [0.15, 0.2) is 24.3 Å². The highest BCUT2D eigenvalue weighted by atomic mass is 19.1. The Morgan fingerprint density at radius 1 is 1.20 bits per heavy atom. The van der Waals surface area contributed by atoms with E-state index < -0.39 is 0 Å². The van der Waals surface area contributed by atoms with Crippen LogP contribution >= 0.6 is 0 Å². The second-order valence-corrected chi connectivity index (χ2v) is 4.05. The van der Waals surface area contributed by atoms with E-state index in [1.807, 2.05) is 6.07 Å². The topological polar surface area (TPSA) is 26.0 Å². The minimum Gasteiger partial charge on any atom is -0.324 e. The molecule has 0 unspecified atom stereocenters. The Bertz CT molecular complexity index is 294. The molecule has 0 heterocycles. The lowest BCUT2D eigenvalue weighted by molar-refractivity contribution is 0.407. The van der Waals surface area contributed by atoms with Gasteiger partial charge in [-0.1, -0.05) is 44.9 Å². The summed E-state index contributed by atoms with van der Waals surface area (Å²) in [4.78, 5) is 0. The van der Waals surface area contributed by atoms with Gasteiger partial charge in [-0.2, -0.15) is 0 Å². The summed E-state index contributed by atoms with van der Waals surface area (Å²) >= 11 is 0. The lowest BCUT2D eigenvalue weighted by atomic mass is 9.91. The third-order valence-corrected chi connectivity index (χ3v) is 3.05. The Morgan fingerprint density at radius 3 is 2.33 bits per heavy atom. The number of benzene rings is 1. The molecule has 1 aromatic carbocycles. The van der Waals surface area contributed by atoms with Crippen molar-refractivity contribution in [3.05, 3.63) is 35.6 Å². The van der Waals surface area contributed by atoms with Gasteiger partial charge in [0.05, 0.1) is 0 Å². The summed E-state index contributed by atoms with van der Waals surface area (Å²) in [7, 11) is 0. The second-order valence-electron chi connectivity index (χ2n) is 4.05. The van der Waals surface area contributed by atoms with Crippen molar-refractivity contribution in [1.82, 2.24) is 0 Å². The van der Waals surface area contributed by atoms with Crippen LogP contribution in [0.5, 0.6) is 0 Å². The summed E-state index contributed by atoms with van der Waals surface area (Å²) < 4.78 is 13.4. The summed E-state index contributed by atoms with van der Waals surface area (Å²) in [6.07, 6.45) is 3.09. The van der Waals surface area contributed by atoms with Crippen LogP contribution in [0.2, 0.25) is 0 Å². The molecule has 0 fully saturated rings. The van der Waals surface area contributed by atoms with Gasteiger partial charge in [0.1, 0.15) is 5.82 Å². The molecule has 0 aliphatic rings. The van der Waals surface area contributed by atoms with Gasteiger partial charge in [-0.05, 0) is 18.4 Å². The predicted molar refractivity (Wildman–Crippen MR) is 62.0 cm³/mol. The molecule has 2 N–H and O–H groups in total. The van der Waals surface area contributed by atoms with Crippen LogP contribution < -0.4 is 5.73 Å². The maximum absolute atomic E-state index is 13.4. The standard InChI is InChI=1S/C13H20FN/c1-3-10(4-2)9-13(15)11-7-5-6-8-12(11)14/h5-8,10,13H,3-4,9,15H2,1-2H3/t13-/m1/s1. The van der Waals surface area contributed by atoms with Gasteiger partial charge in [-0.3, -0.25) is 0 Å². The third kappa shape index (κ3) is 3.31. The maximum Gasteiger partial charge on any atom is 0.127 e. The van der Waals surface area contributed by atoms with E-state index in [1.54, 1.807) is 12.1 Å². The number of rotatable bonds is 5. The fraction of sp³-hybridized carbons (Fsp3) is 0.538. The van der Waals surface area contributed by atoms with Crippen molar-refractivity contribution in [1.29, 1.82) is 0 Å². The Balaban J connectivity index is 2.68. The number of halogens is 1. The molecule has 0 aliphatic heterocycles. The molecule has 0 saturated heterocycles. The largest absolute Gasteiger partial charge is 0.324 e. The highest BCUT2D eigenvalue weighted by molar-refractivity contribution is 5.20. The van der Waals surface area contributed by atoms with Crippen molar-refractivity contribution >= 4 is 0 Å². The van der Waals surface area contributed by atoms with E-state index in [4.69, 9.17) is 5.73 Å². The van der Waals surface area contributed by atoms with E-state index in [2.05, 4.69) is 13.8 Å². The van der Waals surface area contributed by atoms with E-state index >= 15 is 0 Å². The zero-order valence-corrected chi connectivity index (χ0v) is 9.54. The van der Waals surface area contributed by atoms with Gasteiger partial charge in [0, 0.05) is 11.6 Å². The van der Waals surface area contributed by atoms with Crippen molar-refractivity contribution in [2.45, 2.75) is 39.2 Å². The number of nitrogens with two attached hydrogens (primary N) is 1. The van der Waals surface area contributed by atoms with E-state index in [-0.39, 0.29) is 11.9 Å². The molecule has 1 nitrogen and oxygen atoms in total. The van der Waals surface area contributed by atoms with Crippen molar-refractivity contribution in [2.24, 2.45) is 11.7 Å². The third-order valence-electron chi connectivity index (χ3n) is 3.05. The molecule has 0 spiro atoms. The van der Waals surface area contributed by atoms with Gasteiger partial charge < -0.3 is 5.73 Å². The molecular formula is C13H20FN. The fourth-order valence-electron chi connectivity index (χ4n) is 1.88. The first-order chi connectivity index (χ1) is 7.19. The van der Waals surface area contributed by atoms with Gasteiger partial charge in [0.2, 0.25) is 0 Å². The van der Waals surface area contributed by atoms with Crippen LogP contribution in [-0.4, -0.2) is 0 Å². The van der Waals surface area contributed by atoms with E-state index in [0.717, 1.165) is 19.3 Å². The molecule has 1 rings (SSSR count). The SMILES string of the molecule is CCC(CC)C[C@@H](N)c1ccccc1F. The lowest BCUT2D eigenvalue weighted by Crippen LogP contribution is -2.16. The lowest BCUT2D eigenvalue weighted by Gasteiger charge is -2.18. The van der Waals surface area contributed by atoms with Gasteiger partial charge in [-0.25, -0.2) is 4.39 Å². The van der Waals surface area contributed by atoms with Crippen molar-refractivity contribution < 1.29 is 4.39 Å². The van der Waals surface area contributed by atoms with Crippen LogP contribution in [-0.2, 0) is 0 Å². The summed E-state index contributed by atoms with van der Waals surface area (Å²) in [5, 5.41) is 0. The summed E-state index contributed by atoms with van der Waals surface area (Å²) in [6, 6.07) is 6.62. The molecule has 0 saturated carbocycles.